The van der Waals surface area contributed by atoms with Crippen LogP contribution in [0.5, 0.6) is 0 Å². The van der Waals surface area contributed by atoms with Gasteiger partial charge in [0.1, 0.15) is 11.3 Å². The lowest BCUT2D eigenvalue weighted by Gasteiger charge is -2.34. The van der Waals surface area contributed by atoms with E-state index in [1.807, 2.05) is 62.4 Å². The Morgan fingerprint density at radius 2 is 1.30 bits per heavy atom. The first-order valence-corrected chi connectivity index (χ1v) is 13.2. The van der Waals surface area contributed by atoms with Gasteiger partial charge in [0, 0.05) is 21.3 Å². The van der Waals surface area contributed by atoms with Crippen molar-refractivity contribution in [3.8, 4) is 0 Å². The summed E-state index contributed by atoms with van der Waals surface area (Å²) in [7, 11) is -4.94. The smallest absolute Gasteiger partial charge is 0.287 e. The summed E-state index contributed by atoms with van der Waals surface area (Å²) < 4.78 is 34.9. The lowest BCUT2D eigenvalue weighted by molar-refractivity contribution is -2.00. The van der Waals surface area contributed by atoms with Gasteiger partial charge in [-0.3, -0.25) is 9.79 Å². The second kappa shape index (κ2) is 10.6. The topological polar surface area (TPSA) is 151 Å². The zero-order valence-corrected chi connectivity index (χ0v) is 22.2. The monoisotopic (exact) mass is 583 g/mol. The number of H-pyrrole nitrogens is 1. The summed E-state index contributed by atoms with van der Waals surface area (Å²) in [6, 6.07) is 29.0. The summed E-state index contributed by atoms with van der Waals surface area (Å²) in [5.41, 5.74) is 5.74. The van der Waals surface area contributed by atoms with Gasteiger partial charge in [-0.25, -0.2) is 24.0 Å². The maximum atomic E-state index is 13.1. The van der Waals surface area contributed by atoms with Crippen molar-refractivity contribution in [2.24, 2.45) is 0 Å². The fourth-order valence-electron chi connectivity index (χ4n) is 4.61. The number of fused-ring (bicyclic) bond motifs is 1. The van der Waals surface area contributed by atoms with Gasteiger partial charge in [0.05, 0.1) is 5.56 Å². The van der Waals surface area contributed by atoms with E-state index < -0.39 is 15.8 Å². The van der Waals surface area contributed by atoms with Crippen LogP contribution in [-0.2, 0) is 5.54 Å². The van der Waals surface area contributed by atoms with E-state index in [-0.39, 0.29) is 5.56 Å². The third-order valence-corrected chi connectivity index (χ3v) is 7.32. The molecule has 1 aromatic heterocycles. The second-order valence-electron chi connectivity index (χ2n) is 8.42. The van der Waals surface area contributed by atoms with Crippen molar-refractivity contribution in [3.05, 3.63) is 133 Å². The first kappa shape index (κ1) is 26.7. The predicted molar refractivity (Wildman–Crippen MR) is 132 cm³/mol. The van der Waals surface area contributed by atoms with E-state index in [4.69, 9.17) is 18.6 Å². The highest BCUT2D eigenvalue weighted by Crippen LogP contribution is 2.38. The van der Waals surface area contributed by atoms with Crippen LogP contribution in [0.25, 0.3) is 0 Å². The number of anilines is 1. The fourth-order valence-corrected chi connectivity index (χ4v) is 4.91. The zero-order valence-electron chi connectivity index (χ0n) is 19.9. The number of nitrogens with one attached hydrogen (secondary N) is 3. The van der Waals surface area contributed by atoms with Crippen LogP contribution in [0, 0.1) is 24.1 Å². The van der Waals surface area contributed by atoms with Crippen molar-refractivity contribution in [1.82, 2.24) is 4.98 Å². The van der Waals surface area contributed by atoms with E-state index in [1.54, 1.807) is 0 Å². The number of benzene rings is 3. The zero-order chi connectivity index (χ0) is 26.8. The highest BCUT2D eigenvalue weighted by atomic mass is 79.9. The number of aryl methyl sites for hydroxylation is 1. The molecule has 37 heavy (non-hydrogen) atoms. The Balaban J connectivity index is 0.000000586. The molecule has 0 aliphatic carbocycles. The van der Waals surface area contributed by atoms with Gasteiger partial charge < -0.3 is 4.98 Å². The maximum Gasteiger partial charge on any atom is 0.287 e. The van der Waals surface area contributed by atoms with Crippen LogP contribution < -0.4 is 34.5 Å². The molecule has 1 aliphatic rings. The highest BCUT2D eigenvalue weighted by molar-refractivity contribution is 9.10. The predicted octanol–water partition coefficient (Wildman–Crippen LogP) is -0.757. The highest BCUT2D eigenvalue weighted by Gasteiger charge is 2.45. The Bertz CT molecular complexity index is 1460. The summed E-state index contributed by atoms with van der Waals surface area (Å²) in [6.07, 6.45) is 0. The molecule has 0 saturated heterocycles. The van der Waals surface area contributed by atoms with Gasteiger partial charge in [0.15, 0.2) is 5.54 Å². The Hall–Kier alpha value is -3.31. The molecule has 0 atom stereocenters. The second-order valence-corrected chi connectivity index (χ2v) is 9.97. The number of hydrogen-bond acceptors (Lipinski definition) is 6. The van der Waals surface area contributed by atoms with Crippen molar-refractivity contribution in [1.29, 1.82) is 0 Å². The van der Waals surface area contributed by atoms with E-state index in [0.717, 1.165) is 38.1 Å². The summed E-state index contributed by atoms with van der Waals surface area (Å²) in [6.45, 7) is 3.85. The third kappa shape index (κ3) is 5.52. The van der Waals surface area contributed by atoms with Gasteiger partial charge >= 0.3 is 0 Å². The van der Waals surface area contributed by atoms with Gasteiger partial charge in [-0.1, -0.05) is 72.8 Å². The van der Waals surface area contributed by atoms with Crippen molar-refractivity contribution >= 4 is 27.5 Å². The summed E-state index contributed by atoms with van der Waals surface area (Å²) in [4.78, 5) is 19.9. The molecule has 0 fully saturated rings. The van der Waals surface area contributed by atoms with Crippen molar-refractivity contribution in [3.63, 3.8) is 0 Å². The van der Waals surface area contributed by atoms with Crippen molar-refractivity contribution < 1.29 is 33.9 Å². The van der Waals surface area contributed by atoms with Gasteiger partial charge in [-0.05, 0) is 47.5 Å². The number of hydrogen-bond donors (Lipinski definition) is 3. The Morgan fingerprint density at radius 1 is 0.811 bits per heavy atom. The number of para-hydroxylation sites is 1. The standard InChI is InChI=1S/C27H22BrN3O.ClHO4/c1-17-23(26(32)29-18(2)24(17)28)25-30-22-16-10-9-15-21(22)27(31-25,19-11-5-3-6-12-19)20-13-7-4-8-14-20;2-1(3,4)5/h3-16H,1-2H3,(H,29,32)(H,30,31);(H,2,3,4,5). The molecule has 0 saturated carbocycles. The van der Waals surface area contributed by atoms with Gasteiger partial charge in [-0.15, -0.1) is 10.2 Å². The van der Waals surface area contributed by atoms with Crippen LogP contribution in [0.3, 0.4) is 0 Å². The van der Waals surface area contributed by atoms with Gasteiger partial charge in [0.25, 0.3) is 11.4 Å². The number of aromatic amines is 1. The van der Waals surface area contributed by atoms with E-state index >= 15 is 0 Å². The molecule has 190 valence electrons. The first-order chi connectivity index (χ1) is 17.5. The minimum Gasteiger partial charge on any atom is -0.325 e. The van der Waals surface area contributed by atoms with E-state index in [2.05, 4.69) is 67.6 Å². The van der Waals surface area contributed by atoms with Crippen LogP contribution in [0.1, 0.15) is 33.5 Å². The van der Waals surface area contributed by atoms with E-state index in [0.29, 0.717) is 11.4 Å². The molecule has 1 aliphatic heterocycles. The summed E-state index contributed by atoms with van der Waals surface area (Å²) >= 11 is 3.64. The normalized spacial score (nSPS) is 14.0. The van der Waals surface area contributed by atoms with E-state index in [1.165, 1.54) is 0 Å². The molecule has 0 radical (unpaired) electrons. The molecule has 8 nitrogen and oxygen atoms in total. The summed E-state index contributed by atoms with van der Waals surface area (Å²) in [5.74, 6) is 0.677. The van der Waals surface area contributed by atoms with Gasteiger partial charge in [-0.2, -0.15) is 0 Å². The van der Waals surface area contributed by atoms with Crippen LogP contribution in [-0.4, -0.2) is 10.8 Å². The fraction of sp³-hybridized carbons (Fsp3) is 0.111. The van der Waals surface area contributed by atoms with Gasteiger partial charge in [0.2, 0.25) is 0 Å². The minimum absolute atomic E-state index is 0.132. The Morgan fingerprint density at radius 3 is 1.84 bits per heavy atom. The van der Waals surface area contributed by atoms with Crippen molar-refractivity contribution in [2.45, 2.75) is 19.4 Å². The van der Waals surface area contributed by atoms with Crippen LogP contribution in [0.4, 0.5) is 5.69 Å². The molecule has 3 N–H and O–H groups in total. The van der Waals surface area contributed by atoms with Crippen LogP contribution in [0.2, 0.25) is 0 Å². The number of amidine groups is 1. The first-order valence-electron chi connectivity index (χ1n) is 11.2. The lowest BCUT2D eigenvalue weighted by Crippen LogP contribution is -2.89. The molecule has 10 heteroatoms. The SMILES string of the molecule is Cc1[nH]c(=O)c(C2=[NH+]C(c3ccccc3)(c3ccccc3)c3ccccc3N2)c(C)c1Br.[O-][Cl+3]([O-])([O-])[O-]. The molecule has 4 aromatic rings. The average Bonchev–Trinajstić information content (AvgIpc) is 2.87. The molecule has 0 amide bonds. The Labute approximate surface area is 223 Å². The van der Waals surface area contributed by atoms with Crippen LogP contribution in [0.15, 0.2) is 94.2 Å². The van der Waals surface area contributed by atoms with Crippen LogP contribution >= 0.6 is 15.9 Å². The molecular formula is C27H23BrClN3O5. The molecule has 0 bridgehead atoms. The summed E-state index contributed by atoms with van der Waals surface area (Å²) in [5, 5.41) is 3.50. The largest absolute Gasteiger partial charge is 0.325 e. The lowest BCUT2D eigenvalue weighted by atomic mass is 9.76. The Kier molecular flexibility index (Phi) is 7.65. The molecule has 2 heterocycles. The minimum atomic E-state index is -4.94. The number of halogens is 2. The third-order valence-electron chi connectivity index (χ3n) is 6.13. The average molecular weight is 585 g/mol. The maximum absolute atomic E-state index is 13.1. The number of pyridine rings is 1. The quantitative estimate of drug-likeness (QED) is 0.288. The number of rotatable bonds is 3. The molecule has 5 rings (SSSR count). The number of aromatic nitrogens is 1. The van der Waals surface area contributed by atoms with Crippen molar-refractivity contribution in [2.75, 3.05) is 5.32 Å². The molecule has 0 unspecified atom stereocenters. The molecular weight excluding hydrogens is 562 g/mol. The van der Waals surface area contributed by atoms with E-state index in [9.17, 15) is 4.79 Å². The molecule has 0 spiro atoms. The molecule has 3 aromatic carbocycles.